The summed E-state index contributed by atoms with van der Waals surface area (Å²) >= 11 is 3.86. The standard InChI is InChI=1S/C113H134BrN5O6/c1-26-27-28-29-30-31-32-33-34-37-58-115-90-50-51-91(115)99(77-62-84(108(8,9)10)103(121)85(63-77)109(11,12)13)93-53-55-95(117(93)69-72-43-48-81(49-44-72)119(124)125)101(79-66-88(112(20,21)22)105(123)89(67-79)113(23,24)25)97-57-56-96(118(97)70-73-40-45-74-38-35-36-39-75(74)59-73)100(78-64-86(110(14,15)16)104(122)87(65-78)111(17,18)19)94-54-52-92(116(94)68-71-41-46-80(114)47-42-71)98(90)76-60-82(106(2,3)4)102(120)83(61-76)107(5,6)7/h35-36,38-57,59-67H,26-34,37,58,68-70H2,1-25H3. The maximum atomic E-state index is 15.8. The molecule has 1 aliphatic heterocycles. The zero-order valence-corrected chi connectivity index (χ0v) is 80.9. The van der Waals surface area contributed by atoms with Crippen LogP contribution in [-0.2, 0) is 45.4 Å². The van der Waals surface area contributed by atoms with Gasteiger partial charge in [-0.25, -0.2) is 0 Å². The van der Waals surface area contributed by atoms with Crippen LogP contribution in [0.2, 0.25) is 0 Å². The van der Waals surface area contributed by atoms with Gasteiger partial charge in [-0.3, -0.25) is 29.3 Å². The van der Waals surface area contributed by atoms with Crippen LogP contribution in [0, 0.1) is 53.4 Å². The first-order valence-electron chi connectivity index (χ1n) is 45.6. The number of ketones is 4. The van der Waals surface area contributed by atoms with Crippen molar-refractivity contribution in [3.63, 3.8) is 0 Å². The highest BCUT2D eigenvalue weighted by molar-refractivity contribution is 9.10. The van der Waals surface area contributed by atoms with Crippen molar-refractivity contribution in [3.05, 3.63) is 332 Å². The number of halogens is 1. The van der Waals surface area contributed by atoms with Crippen LogP contribution >= 0.6 is 15.9 Å². The number of nitro groups is 1. The Morgan fingerprint density at radius 1 is 0.288 bits per heavy atom. The molecule has 12 heteroatoms. The molecule has 4 aromatic heterocycles. The molecule has 4 aromatic carbocycles. The number of Topliss-reactive ketones (excluding diaryl/α,β-unsaturated/α-hetero) is 4. The molecule has 125 heavy (non-hydrogen) atoms. The van der Waals surface area contributed by atoms with Crippen molar-refractivity contribution >= 4 is 77.8 Å². The highest BCUT2D eigenvalue weighted by Gasteiger charge is 2.43. The second-order valence-corrected chi connectivity index (χ2v) is 44.8. The lowest BCUT2D eigenvalue weighted by atomic mass is 9.71. The molecule has 5 heterocycles. The van der Waals surface area contributed by atoms with E-state index in [1.54, 1.807) is 12.1 Å². The fourth-order valence-electron chi connectivity index (χ4n) is 18.6. The van der Waals surface area contributed by atoms with Crippen molar-refractivity contribution in [2.45, 2.75) is 263 Å². The van der Waals surface area contributed by atoms with Crippen molar-refractivity contribution in [1.29, 1.82) is 0 Å². The molecule has 0 spiro atoms. The number of carbonyl (C=O) groups excluding carboxylic acids is 4. The predicted molar refractivity (Wildman–Crippen MR) is 522 cm³/mol. The molecule has 8 aromatic rings. The van der Waals surface area contributed by atoms with Crippen LogP contribution in [0.25, 0.3) is 33.1 Å². The van der Waals surface area contributed by atoms with Crippen molar-refractivity contribution < 1.29 is 24.1 Å². The molecule has 0 saturated heterocycles. The second kappa shape index (κ2) is 35.1. The lowest BCUT2D eigenvalue weighted by Crippen LogP contribution is -2.28. The average Bonchev–Trinajstić information content (AvgIpc) is 1.57. The normalized spacial score (nSPS) is 16.3. The van der Waals surface area contributed by atoms with E-state index in [0.29, 0.717) is 64.2 Å². The van der Waals surface area contributed by atoms with Gasteiger partial charge in [-0.1, -0.05) is 307 Å². The Balaban J connectivity index is 1.35. The number of hydrogen-bond donors (Lipinski definition) is 0. The number of hydrogen-bond acceptors (Lipinski definition) is 6. The summed E-state index contributed by atoms with van der Waals surface area (Å²) in [5, 5.41) is 15.1. The molecule has 0 N–H and O–H groups in total. The maximum absolute atomic E-state index is 15.8. The van der Waals surface area contributed by atoms with Gasteiger partial charge in [0, 0.05) is 110 Å². The number of non-ortho nitro benzene ring substituents is 1. The average molecular weight is 1740 g/mol. The molecule has 0 unspecified atom stereocenters. The van der Waals surface area contributed by atoms with Gasteiger partial charge in [0.2, 0.25) is 0 Å². The summed E-state index contributed by atoms with van der Waals surface area (Å²) in [5.41, 5.74) is 17.3. The molecule has 13 rings (SSSR count). The number of nitrogens with zero attached hydrogens (tertiary/aromatic N) is 5. The quantitative estimate of drug-likeness (QED) is 0.0478. The number of unbranched alkanes of at least 4 members (excludes halogenated alkanes) is 9. The van der Waals surface area contributed by atoms with Gasteiger partial charge in [0.1, 0.15) is 0 Å². The molecule has 0 amide bonds. The Kier molecular flexibility index (Phi) is 26.0. The number of fused-ring (bicyclic) bond motifs is 9. The first-order chi connectivity index (χ1) is 58.4. The summed E-state index contributed by atoms with van der Waals surface area (Å²) in [6, 6.07) is 49.2. The van der Waals surface area contributed by atoms with Gasteiger partial charge >= 0.3 is 0 Å². The highest BCUT2D eigenvalue weighted by Crippen LogP contribution is 2.52. The summed E-state index contributed by atoms with van der Waals surface area (Å²) < 4.78 is 11.0. The third-order valence-electron chi connectivity index (χ3n) is 25.6. The zero-order chi connectivity index (χ0) is 90.9. The summed E-state index contributed by atoms with van der Waals surface area (Å²) in [4.78, 5) is 75.9. The number of allylic oxidation sites excluding steroid dienone is 20. The molecule has 0 saturated carbocycles. The zero-order valence-electron chi connectivity index (χ0n) is 79.4. The van der Waals surface area contributed by atoms with E-state index in [9.17, 15) is 10.1 Å². The van der Waals surface area contributed by atoms with Crippen molar-refractivity contribution in [2.24, 2.45) is 43.3 Å². The predicted octanol–water partition coefficient (Wildman–Crippen LogP) is 29.4. The minimum Gasteiger partial charge on any atom is -0.340 e. The number of nitro benzene ring substituents is 1. The monoisotopic (exact) mass is 1740 g/mol. The third kappa shape index (κ3) is 19.5. The molecule has 0 radical (unpaired) electrons. The first kappa shape index (κ1) is 92.4. The fourth-order valence-corrected chi connectivity index (χ4v) is 18.8. The van der Waals surface area contributed by atoms with Gasteiger partial charge in [0.25, 0.3) is 5.69 Å². The van der Waals surface area contributed by atoms with Crippen LogP contribution in [0.5, 0.6) is 0 Å². The van der Waals surface area contributed by atoms with Gasteiger partial charge in [-0.2, -0.15) is 0 Å². The minimum atomic E-state index is -0.644. The van der Waals surface area contributed by atoms with Gasteiger partial charge in [0.05, 0.1) is 50.5 Å². The van der Waals surface area contributed by atoms with Crippen LogP contribution in [0.1, 0.15) is 300 Å². The number of aromatic nitrogens is 4. The largest absolute Gasteiger partial charge is 0.340 e. The van der Waals surface area contributed by atoms with E-state index in [-0.39, 0.29) is 40.3 Å². The highest BCUT2D eigenvalue weighted by atomic mass is 79.9. The van der Waals surface area contributed by atoms with E-state index >= 15 is 19.2 Å². The molecule has 8 bridgehead atoms. The van der Waals surface area contributed by atoms with Crippen LogP contribution in [0.15, 0.2) is 259 Å². The van der Waals surface area contributed by atoms with E-state index in [2.05, 4.69) is 371 Å². The van der Waals surface area contributed by atoms with E-state index in [1.165, 1.54) is 38.5 Å². The summed E-state index contributed by atoms with van der Waals surface area (Å²) in [6.45, 7) is 55.1. The Morgan fingerprint density at radius 2 is 0.528 bits per heavy atom. The Hall–Kier alpha value is -10.3. The SMILES string of the molecule is CCCCCCCCCCCCn1c2ccc1C(=C1C=C(C(C)(C)C)C(=O)C(C(C)(C)C)=C1)c1ccc(n1Cc1ccc([N+](=O)[O-])cc1)C(=C1C=C(C(C)(C)C)C(=O)C(C(C)(C)C)=C1)c1ccc(n1Cc1ccc3ccccc3c1)C(=C1C=C(C(C)(C)C)C(=O)C(C(C)(C)C)=C1)c1ccc(n1Cc1ccc(Br)cc1)C2=C1C=C(C(C)(C)C)C(=O)C(C(C)(C)C)=C1. The van der Waals surface area contributed by atoms with Crippen molar-refractivity contribution in [3.8, 4) is 0 Å². The van der Waals surface area contributed by atoms with E-state index in [1.807, 2.05) is 12.1 Å². The topological polar surface area (TPSA) is 131 Å². The smallest absolute Gasteiger partial charge is 0.269 e. The summed E-state index contributed by atoms with van der Waals surface area (Å²) in [5.74, 6) is 0.0303. The number of benzene rings is 4. The van der Waals surface area contributed by atoms with Crippen LogP contribution in [0.4, 0.5) is 5.69 Å². The molecule has 0 atom stereocenters. The Labute approximate surface area is 753 Å². The van der Waals surface area contributed by atoms with Crippen LogP contribution in [0.3, 0.4) is 0 Å². The molecule has 4 aliphatic carbocycles. The van der Waals surface area contributed by atoms with Gasteiger partial charge in [-0.05, 0) is 215 Å². The van der Waals surface area contributed by atoms with Gasteiger partial charge < -0.3 is 18.3 Å². The molecule has 11 nitrogen and oxygen atoms in total. The molecular formula is C113H134BrN5O6. The number of carbonyl (C=O) groups is 4. The molecule has 5 aliphatic rings. The fraction of sp³-hybridized carbons (Fsp3) is 0.416. The Morgan fingerprint density at radius 3 is 0.800 bits per heavy atom. The molecule has 654 valence electrons. The Bertz CT molecular complexity index is 5920. The maximum Gasteiger partial charge on any atom is 0.269 e. The van der Waals surface area contributed by atoms with Crippen LogP contribution in [-0.4, -0.2) is 46.3 Å². The van der Waals surface area contributed by atoms with E-state index in [0.717, 1.165) is 148 Å². The number of rotatable bonds is 18. The van der Waals surface area contributed by atoms with Crippen molar-refractivity contribution in [1.82, 2.24) is 18.3 Å². The van der Waals surface area contributed by atoms with Gasteiger partial charge in [0.15, 0.2) is 23.1 Å². The minimum absolute atomic E-state index is 0.00385. The first-order valence-corrected chi connectivity index (χ1v) is 46.4. The lowest BCUT2D eigenvalue weighted by Gasteiger charge is -2.33. The third-order valence-corrected chi connectivity index (χ3v) is 26.1. The second-order valence-electron chi connectivity index (χ2n) is 43.8. The van der Waals surface area contributed by atoms with Crippen LogP contribution < -0.4 is 0 Å². The summed E-state index contributed by atoms with van der Waals surface area (Å²) in [6.07, 6.45) is 28.7. The van der Waals surface area contributed by atoms with Gasteiger partial charge in [-0.15, -0.1) is 0 Å². The molecular weight excluding hydrogens is 1600 g/mol. The van der Waals surface area contributed by atoms with Crippen molar-refractivity contribution in [2.75, 3.05) is 0 Å². The van der Waals surface area contributed by atoms with E-state index in [4.69, 9.17) is 0 Å². The lowest BCUT2D eigenvalue weighted by molar-refractivity contribution is -0.384. The van der Waals surface area contributed by atoms with E-state index < -0.39 is 43.3 Å². The summed E-state index contributed by atoms with van der Waals surface area (Å²) in [7, 11) is 0. The molecule has 0 fully saturated rings.